The monoisotopic (exact) mass is 366 g/mol. The van der Waals surface area contributed by atoms with Gasteiger partial charge in [0.25, 0.3) is 0 Å². The molecule has 1 atom stereocenters. The zero-order chi connectivity index (χ0) is 18.6. The maximum atomic E-state index is 13.7. The molecule has 0 saturated carbocycles. The van der Waals surface area contributed by atoms with E-state index < -0.39 is 0 Å². The van der Waals surface area contributed by atoms with Crippen molar-refractivity contribution in [3.8, 4) is 16.9 Å². The first-order chi connectivity index (χ1) is 13.2. The molecule has 1 aliphatic heterocycles. The predicted octanol–water partition coefficient (Wildman–Crippen LogP) is 4.51. The van der Waals surface area contributed by atoms with Crippen molar-refractivity contribution in [1.82, 2.24) is 10.3 Å². The van der Waals surface area contributed by atoms with Gasteiger partial charge >= 0.3 is 0 Å². The Bertz CT molecular complexity index is 928. The lowest BCUT2D eigenvalue weighted by Crippen LogP contribution is -2.34. The van der Waals surface area contributed by atoms with Crippen molar-refractivity contribution >= 4 is 0 Å². The number of hydrogen-bond donors (Lipinski definition) is 1. The van der Waals surface area contributed by atoms with Gasteiger partial charge < -0.3 is 10.1 Å². The fourth-order valence-electron chi connectivity index (χ4n) is 3.34. The molecule has 0 amide bonds. The number of nitrogens with one attached hydrogen (secondary N) is 1. The quantitative estimate of drug-likeness (QED) is 0.721. The van der Waals surface area contributed by atoms with Crippen molar-refractivity contribution in [3.63, 3.8) is 0 Å². The van der Waals surface area contributed by atoms with Crippen LogP contribution in [0.3, 0.4) is 0 Å². The smallest absolute Gasteiger partial charge is 0.130 e. The summed E-state index contributed by atoms with van der Waals surface area (Å²) in [7, 11) is 0. The van der Waals surface area contributed by atoms with E-state index >= 15 is 0 Å². The zero-order valence-electron chi connectivity index (χ0n) is 14.8. The lowest BCUT2D eigenvalue weighted by atomic mass is 10.0. The van der Waals surface area contributed by atoms with Gasteiger partial charge in [-0.05, 0) is 54.3 Å². The summed E-state index contributed by atoms with van der Waals surface area (Å²) in [4.78, 5) is 4.28. The standard InChI is InChI=1S/C22H20F2N2O/c23-18-6-4-16(5-7-18)17-10-15(11-25-13-17)12-26-14-19-8-9-20-21(24)2-1-3-22(20)27-19/h1-7,10-11,13,19,26H,8-9,12,14H2. The lowest BCUT2D eigenvalue weighted by molar-refractivity contribution is 0.168. The Morgan fingerprint density at radius 2 is 1.89 bits per heavy atom. The van der Waals surface area contributed by atoms with E-state index in [0.717, 1.165) is 23.1 Å². The van der Waals surface area contributed by atoms with E-state index in [0.29, 0.717) is 30.8 Å². The fraction of sp³-hybridized carbons (Fsp3) is 0.227. The van der Waals surface area contributed by atoms with Crippen LogP contribution < -0.4 is 10.1 Å². The molecule has 1 aliphatic rings. The molecular weight excluding hydrogens is 346 g/mol. The SMILES string of the molecule is Fc1ccc(-c2cncc(CNCC3CCc4c(F)cccc4O3)c2)cc1. The van der Waals surface area contributed by atoms with Crippen LogP contribution in [0.1, 0.15) is 17.5 Å². The Balaban J connectivity index is 1.35. The molecule has 5 heteroatoms. The summed E-state index contributed by atoms with van der Waals surface area (Å²) in [5, 5.41) is 3.39. The van der Waals surface area contributed by atoms with Gasteiger partial charge in [0.05, 0.1) is 0 Å². The van der Waals surface area contributed by atoms with Crippen molar-refractivity contribution in [2.45, 2.75) is 25.5 Å². The Labute approximate surface area is 157 Å². The van der Waals surface area contributed by atoms with Crippen molar-refractivity contribution < 1.29 is 13.5 Å². The normalized spacial score (nSPS) is 15.9. The first-order valence-electron chi connectivity index (χ1n) is 9.03. The average Bonchev–Trinajstić information content (AvgIpc) is 2.69. The molecule has 3 aromatic rings. The topological polar surface area (TPSA) is 34.2 Å². The van der Waals surface area contributed by atoms with Crippen LogP contribution in [0, 0.1) is 11.6 Å². The van der Waals surface area contributed by atoms with Crippen LogP contribution in [0.4, 0.5) is 8.78 Å². The van der Waals surface area contributed by atoms with Crippen LogP contribution in [0.5, 0.6) is 5.75 Å². The minimum atomic E-state index is -0.251. The van der Waals surface area contributed by atoms with Crippen LogP contribution in [-0.2, 0) is 13.0 Å². The molecule has 2 aromatic carbocycles. The summed E-state index contributed by atoms with van der Waals surface area (Å²) >= 11 is 0. The van der Waals surface area contributed by atoms with Crippen LogP contribution in [-0.4, -0.2) is 17.6 Å². The van der Waals surface area contributed by atoms with Gasteiger partial charge in [-0.25, -0.2) is 8.78 Å². The number of halogens is 2. The van der Waals surface area contributed by atoms with Crippen LogP contribution in [0.25, 0.3) is 11.1 Å². The van der Waals surface area contributed by atoms with Crippen LogP contribution >= 0.6 is 0 Å². The van der Waals surface area contributed by atoms with Crippen LogP contribution in [0.15, 0.2) is 60.9 Å². The van der Waals surface area contributed by atoms with Gasteiger partial charge in [0.1, 0.15) is 23.5 Å². The highest BCUT2D eigenvalue weighted by molar-refractivity contribution is 5.62. The Morgan fingerprint density at radius 3 is 2.74 bits per heavy atom. The highest BCUT2D eigenvalue weighted by Crippen LogP contribution is 2.29. The molecule has 0 aliphatic carbocycles. The van der Waals surface area contributed by atoms with E-state index in [4.69, 9.17) is 4.74 Å². The Kier molecular flexibility index (Phi) is 5.12. The Morgan fingerprint density at radius 1 is 1.04 bits per heavy atom. The maximum absolute atomic E-state index is 13.7. The van der Waals surface area contributed by atoms with Gasteiger partial charge in [0, 0.05) is 36.6 Å². The second-order valence-electron chi connectivity index (χ2n) is 6.71. The summed E-state index contributed by atoms with van der Waals surface area (Å²) in [5.74, 6) is 0.203. The van der Waals surface area contributed by atoms with Crippen molar-refractivity contribution in [2.24, 2.45) is 0 Å². The highest BCUT2D eigenvalue weighted by atomic mass is 19.1. The average molecular weight is 366 g/mol. The molecule has 138 valence electrons. The molecule has 0 bridgehead atoms. The van der Waals surface area contributed by atoms with E-state index in [9.17, 15) is 8.78 Å². The maximum Gasteiger partial charge on any atom is 0.130 e. The number of ether oxygens (including phenoxy) is 1. The van der Waals surface area contributed by atoms with E-state index in [1.165, 1.54) is 18.2 Å². The molecule has 27 heavy (non-hydrogen) atoms. The lowest BCUT2D eigenvalue weighted by Gasteiger charge is -2.26. The third kappa shape index (κ3) is 4.14. The van der Waals surface area contributed by atoms with Crippen molar-refractivity contribution in [3.05, 3.63) is 83.7 Å². The molecule has 4 rings (SSSR count). The number of rotatable bonds is 5. The van der Waals surface area contributed by atoms with Crippen molar-refractivity contribution in [1.29, 1.82) is 0 Å². The Hall–Kier alpha value is -2.79. The van der Waals surface area contributed by atoms with Gasteiger partial charge in [-0.2, -0.15) is 0 Å². The fourth-order valence-corrected chi connectivity index (χ4v) is 3.34. The first-order valence-corrected chi connectivity index (χ1v) is 9.03. The van der Waals surface area contributed by atoms with Gasteiger partial charge in [-0.15, -0.1) is 0 Å². The second-order valence-corrected chi connectivity index (χ2v) is 6.71. The molecule has 0 fully saturated rings. The van der Waals surface area contributed by atoms with Gasteiger partial charge in [0.2, 0.25) is 0 Å². The summed E-state index contributed by atoms with van der Waals surface area (Å²) in [6.45, 7) is 1.33. The minimum Gasteiger partial charge on any atom is -0.489 e. The number of hydrogen-bond acceptors (Lipinski definition) is 3. The minimum absolute atomic E-state index is 0.0209. The van der Waals surface area contributed by atoms with Crippen LogP contribution in [0.2, 0.25) is 0 Å². The zero-order valence-corrected chi connectivity index (χ0v) is 14.8. The number of fused-ring (bicyclic) bond motifs is 1. The number of benzene rings is 2. The third-order valence-electron chi connectivity index (χ3n) is 4.76. The first kappa shape index (κ1) is 17.6. The van der Waals surface area contributed by atoms with E-state index in [2.05, 4.69) is 10.3 Å². The molecule has 1 aromatic heterocycles. The second kappa shape index (κ2) is 7.84. The summed E-state index contributed by atoms with van der Waals surface area (Å²) in [5.41, 5.74) is 3.59. The number of nitrogens with zero attached hydrogens (tertiary/aromatic N) is 1. The molecule has 1 unspecified atom stereocenters. The van der Waals surface area contributed by atoms with Crippen molar-refractivity contribution in [2.75, 3.05) is 6.54 Å². The van der Waals surface area contributed by atoms with E-state index in [1.54, 1.807) is 24.4 Å². The molecule has 0 saturated heterocycles. The van der Waals surface area contributed by atoms with E-state index in [-0.39, 0.29) is 17.7 Å². The van der Waals surface area contributed by atoms with Gasteiger partial charge in [0.15, 0.2) is 0 Å². The molecule has 1 N–H and O–H groups in total. The molecule has 2 heterocycles. The number of aromatic nitrogens is 1. The highest BCUT2D eigenvalue weighted by Gasteiger charge is 2.21. The number of pyridine rings is 1. The predicted molar refractivity (Wildman–Crippen MR) is 100 cm³/mol. The van der Waals surface area contributed by atoms with E-state index in [1.807, 2.05) is 18.3 Å². The summed E-state index contributed by atoms with van der Waals surface area (Å²) < 4.78 is 32.7. The largest absolute Gasteiger partial charge is 0.489 e. The summed E-state index contributed by atoms with van der Waals surface area (Å²) in [6.07, 6.45) is 5.08. The molecule has 0 radical (unpaired) electrons. The molecule has 3 nitrogen and oxygen atoms in total. The van der Waals surface area contributed by atoms with Gasteiger partial charge in [-0.3, -0.25) is 4.98 Å². The molecular formula is C22H20F2N2O. The summed E-state index contributed by atoms with van der Waals surface area (Å²) in [6, 6.07) is 13.4. The third-order valence-corrected chi connectivity index (χ3v) is 4.76. The molecule has 0 spiro atoms. The van der Waals surface area contributed by atoms with Gasteiger partial charge in [-0.1, -0.05) is 18.2 Å².